The van der Waals surface area contributed by atoms with E-state index in [1.165, 1.54) is 21.5 Å². The molecule has 0 radical (unpaired) electrons. The molecule has 6 aromatic rings. The van der Waals surface area contributed by atoms with Crippen LogP contribution in [0.15, 0.2) is 118 Å². The second-order valence-corrected chi connectivity index (χ2v) is 6.70. The molecule has 0 aliphatic rings. The number of hydrogen-bond donors (Lipinski definition) is 0. The first-order valence-corrected chi connectivity index (χ1v) is 9.25. The van der Waals surface area contributed by atoms with E-state index < -0.39 is 0 Å². The standard InChI is InChI=1S/2C13H9O.Zr/c2*1-2-5-11-9-12(8-10(11)4-1)13-6-3-7-14-13;/h2*1-9H;/q2*-1;+2. The maximum atomic E-state index is 5.35. The van der Waals surface area contributed by atoms with Crippen LogP contribution in [0.25, 0.3) is 44.2 Å². The van der Waals surface area contributed by atoms with E-state index in [2.05, 4.69) is 48.5 Å². The molecule has 6 rings (SSSR count). The molecular formula is C26H18O2Zr. The van der Waals surface area contributed by atoms with Crippen LogP contribution >= 0.6 is 0 Å². The molecule has 3 heteroatoms. The minimum absolute atomic E-state index is 0. The Morgan fingerprint density at radius 1 is 0.517 bits per heavy atom. The van der Waals surface area contributed by atoms with Crippen molar-refractivity contribution in [2.45, 2.75) is 0 Å². The first-order chi connectivity index (χ1) is 13.9. The van der Waals surface area contributed by atoms with Crippen molar-refractivity contribution < 1.29 is 35.0 Å². The SMILES string of the molecule is [Zr+2].c1coc(-c2cc3ccccc3[cH-]2)c1.c1coc(-c2cc3ccccc3[cH-]2)c1. The molecule has 0 fully saturated rings. The van der Waals surface area contributed by atoms with E-state index in [1.807, 2.05) is 48.5 Å². The van der Waals surface area contributed by atoms with Crippen molar-refractivity contribution in [2.24, 2.45) is 0 Å². The molecule has 4 aromatic carbocycles. The Morgan fingerprint density at radius 3 is 1.34 bits per heavy atom. The third-order valence-electron chi connectivity index (χ3n) is 4.85. The predicted molar refractivity (Wildman–Crippen MR) is 114 cm³/mol. The van der Waals surface area contributed by atoms with Crippen LogP contribution in [-0.4, -0.2) is 0 Å². The van der Waals surface area contributed by atoms with Gasteiger partial charge in [0.05, 0.1) is 24.0 Å². The Balaban J connectivity index is 0.000000137. The van der Waals surface area contributed by atoms with Crippen LogP contribution in [0, 0.1) is 0 Å². The third-order valence-corrected chi connectivity index (χ3v) is 4.85. The van der Waals surface area contributed by atoms with Gasteiger partial charge in [0.2, 0.25) is 0 Å². The fraction of sp³-hybridized carbons (Fsp3) is 0. The van der Waals surface area contributed by atoms with Crippen molar-refractivity contribution >= 4 is 21.5 Å². The molecule has 0 atom stereocenters. The Labute approximate surface area is 188 Å². The Morgan fingerprint density at radius 2 is 0.966 bits per heavy atom. The van der Waals surface area contributed by atoms with Crippen LogP contribution in [0.2, 0.25) is 0 Å². The molecule has 0 saturated carbocycles. The van der Waals surface area contributed by atoms with E-state index in [4.69, 9.17) is 8.83 Å². The van der Waals surface area contributed by atoms with Crippen LogP contribution in [0.3, 0.4) is 0 Å². The van der Waals surface area contributed by atoms with E-state index in [-0.39, 0.29) is 26.2 Å². The van der Waals surface area contributed by atoms with Gasteiger partial charge in [-0.15, -0.1) is 57.9 Å². The van der Waals surface area contributed by atoms with Crippen molar-refractivity contribution in [3.05, 3.63) is 110 Å². The first kappa shape index (κ1) is 19.4. The topological polar surface area (TPSA) is 26.3 Å². The molecule has 0 bridgehead atoms. The van der Waals surface area contributed by atoms with E-state index >= 15 is 0 Å². The van der Waals surface area contributed by atoms with Gasteiger partial charge in [0.15, 0.2) is 0 Å². The van der Waals surface area contributed by atoms with E-state index in [0.717, 1.165) is 22.6 Å². The summed E-state index contributed by atoms with van der Waals surface area (Å²) >= 11 is 0. The number of furan rings is 2. The maximum Gasteiger partial charge on any atom is 2.00 e. The Hall–Kier alpha value is -2.90. The summed E-state index contributed by atoms with van der Waals surface area (Å²) in [5.41, 5.74) is 2.30. The van der Waals surface area contributed by atoms with Gasteiger partial charge >= 0.3 is 26.2 Å². The maximum absolute atomic E-state index is 5.35. The summed E-state index contributed by atoms with van der Waals surface area (Å²) in [6.45, 7) is 0. The third kappa shape index (κ3) is 4.11. The van der Waals surface area contributed by atoms with Gasteiger partial charge in [0.1, 0.15) is 0 Å². The number of fused-ring (bicyclic) bond motifs is 2. The van der Waals surface area contributed by atoms with E-state index in [0.29, 0.717) is 0 Å². The first-order valence-electron chi connectivity index (χ1n) is 9.25. The average molecular weight is 454 g/mol. The molecule has 29 heavy (non-hydrogen) atoms. The Kier molecular flexibility index (Phi) is 5.78. The zero-order valence-electron chi connectivity index (χ0n) is 15.7. The van der Waals surface area contributed by atoms with Crippen molar-refractivity contribution in [3.8, 4) is 22.6 Å². The molecule has 0 spiro atoms. The van der Waals surface area contributed by atoms with Gasteiger partial charge in [-0.05, 0) is 12.1 Å². The molecule has 2 heterocycles. The van der Waals surface area contributed by atoms with Crippen LogP contribution in [0.1, 0.15) is 0 Å². The molecule has 0 amide bonds. The smallest absolute Gasteiger partial charge is 0.499 e. The zero-order chi connectivity index (χ0) is 18.8. The molecule has 2 aromatic heterocycles. The van der Waals surface area contributed by atoms with Crippen molar-refractivity contribution in [2.75, 3.05) is 0 Å². The molecule has 0 saturated heterocycles. The summed E-state index contributed by atoms with van der Waals surface area (Å²) in [4.78, 5) is 0. The molecule has 0 aliphatic heterocycles. The van der Waals surface area contributed by atoms with Gasteiger partial charge in [0.25, 0.3) is 0 Å². The summed E-state index contributed by atoms with van der Waals surface area (Å²) in [6.07, 6.45) is 3.40. The van der Waals surface area contributed by atoms with E-state index in [1.54, 1.807) is 12.5 Å². The van der Waals surface area contributed by atoms with Crippen molar-refractivity contribution in [3.63, 3.8) is 0 Å². The van der Waals surface area contributed by atoms with Gasteiger partial charge in [0, 0.05) is 0 Å². The van der Waals surface area contributed by atoms with Gasteiger partial charge in [-0.3, -0.25) is 0 Å². The molecule has 0 aliphatic carbocycles. The molecule has 0 unspecified atom stereocenters. The monoisotopic (exact) mass is 452 g/mol. The fourth-order valence-electron chi connectivity index (χ4n) is 3.47. The second kappa shape index (κ2) is 8.63. The number of hydrogen-bond acceptors (Lipinski definition) is 2. The quantitative estimate of drug-likeness (QED) is 0.252. The van der Waals surface area contributed by atoms with Gasteiger partial charge in [-0.1, -0.05) is 59.7 Å². The minimum atomic E-state index is 0. The Bertz CT molecular complexity index is 1130. The predicted octanol–water partition coefficient (Wildman–Crippen LogP) is 7.63. The van der Waals surface area contributed by atoms with E-state index in [9.17, 15) is 0 Å². The van der Waals surface area contributed by atoms with Crippen molar-refractivity contribution in [1.29, 1.82) is 0 Å². The summed E-state index contributed by atoms with van der Waals surface area (Å²) in [5.74, 6) is 1.86. The average Bonchev–Trinajstić information content (AvgIpc) is 3.54. The van der Waals surface area contributed by atoms with Crippen LogP contribution in [0.4, 0.5) is 0 Å². The largest absolute Gasteiger partial charge is 2.00 e. The molecule has 0 N–H and O–H groups in total. The van der Waals surface area contributed by atoms with Crippen molar-refractivity contribution in [1.82, 2.24) is 0 Å². The fourth-order valence-corrected chi connectivity index (χ4v) is 3.47. The second-order valence-electron chi connectivity index (χ2n) is 6.70. The number of rotatable bonds is 2. The summed E-state index contributed by atoms with van der Waals surface area (Å²) in [5, 5.41) is 5.05. The minimum Gasteiger partial charge on any atom is -0.499 e. The summed E-state index contributed by atoms with van der Waals surface area (Å²) in [7, 11) is 0. The number of benzene rings is 2. The van der Waals surface area contributed by atoms with Gasteiger partial charge < -0.3 is 8.83 Å². The molecular weight excluding hydrogens is 436 g/mol. The van der Waals surface area contributed by atoms with Gasteiger partial charge in [-0.25, -0.2) is 0 Å². The van der Waals surface area contributed by atoms with Crippen LogP contribution < -0.4 is 0 Å². The zero-order valence-corrected chi connectivity index (χ0v) is 18.2. The molecule has 2 nitrogen and oxygen atoms in total. The summed E-state index contributed by atoms with van der Waals surface area (Å²) < 4.78 is 10.7. The molecule has 138 valence electrons. The van der Waals surface area contributed by atoms with Crippen LogP contribution in [-0.2, 0) is 26.2 Å². The normalized spacial score (nSPS) is 10.5. The van der Waals surface area contributed by atoms with Crippen LogP contribution in [0.5, 0.6) is 0 Å². The summed E-state index contributed by atoms with van der Waals surface area (Å²) in [6, 6.07) is 33.0. The van der Waals surface area contributed by atoms with Gasteiger partial charge in [-0.2, -0.15) is 0 Å².